The van der Waals surface area contributed by atoms with Gasteiger partial charge in [0.15, 0.2) is 5.13 Å². The monoisotopic (exact) mass is 554 g/mol. The first-order valence-electron chi connectivity index (χ1n) is 12.0. The predicted octanol–water partition coefficient (Wildman–Crippen LogP) is 4.13. The van der Waals surface area contributed by atoms with Gasteiger partial charge in [-0.3, -0.25) is 14.7 Å². The molecule has 2 heterocycles. The molecular weight excluding hydrogens is 524 g/mol. The highest BCUT2D eigenvalue weighted by molar-refractivity contribution is 7.89. The summed E-state index contributed by atoms with van der Waals surface area (Å²) >= 11 is 1.44. The zero-order valence-corrected chi connectivity index (χ0v) is 23.2. The first-order valence-corrected chi connectivity index (χ1v) is 14.2. The summed E-state index contributed by atoms with van der Waals surface area (Å²) in [5.41, 5.74) is 3.12. The Morgan fingerprint density at radius 3 is 2.34 bits per heavy atom. The minimum absolute atomic E-state index is 0.0931. The Kier molecular flexibility index (Phi) is 9.18. The van der Waals surface area contributed by atoms with E-state index in [4.69, 9.17) is 14.5 Å². The minimum atomic E-state index is -3.80. The fraction of sp³-hybridized carbons (Fsp3) is 0.296. The summed E-state index contributed by atoms with van der Waals surface area (Å²) in [6.07, 6.45) is 3.39. The molecule has 200 valence electrons. The van der Waals surface area contributed by atoms with E-state index < -0.39 is 10.0 Å². The quantitative estimate of drug-likeness (QED) is 0.260. The van der Waals surface area contributed by atoms with Crippen LogP contribution in [-0.4, -0.2) is 69.1 Å². The zero-order chi connectivity index (χ0) is 27.1. The molecule has 1 amide bonds. The maximum Gasteiger partial charge on any atom is 0.260 e. The van der Waals surface area contributed by atoms with Crippen LogP contribution in [0.2, 0.25) is 0 Å². The van der Waals surface area contributed by atoms with Crippen molar-refractivity contribution in [3.8, 4) is 0 Å². The minimum Gasteiger partial charge on any atom is -0.383 e. The maximum absolute atomic E-state index is 13.8. The van der Waals surface area contributed by atoms with Crippen molar-refractivity contribution in [2.45, 2.75) is 18.4 Å². The van der Waals surface area contributed by atoms with Crippen LogP contribution >= 0.6 is 11.3 Å². The lowest BCUT2D eigenvalue weighted by molar-refractivity contribution is 0.0985. The second-order valence-electron chi connectivity index (χ2n) is 8.63. The fourth-order valence-electron chi connectivity index (χ4n) is 3.85. The highest BCUT2D eigenvalue weighted by Crippen LogP contribution is 2.31. The van der Waals surface area contributed by atoms with Gasteiger partial charge in [0.05, 0.1) is 34.9 Å². The van der Waals surface area contributed by atoms with Crippen LogP contribution in [0.1, 0.15) is 21.5 Å². The molecule has 2 aromatic carbocycles. The molecule has 0 saturated heterocycles. The third-order valence-corrected chi connectivity index (χ3v) is 8.85. The number of carbonyl (C=O) groups excluding carboxylic acids is 1. The molecule has 0 fully saturated rings. The van der Waals surface area contributed by atoms with E-state index in [2.05, 4.69) is 4.98 Å². The first-order chi connectivity index (χ1) is 18.3. The summed E-state index contributed by atoms with van der Waals surface area (Å²) in [6.45, 7) is 3.18. The first kappa shape index (κ1) is 27.8. The van der Waals surface area contributed by atoms with Gasteiger partial charge in [-0.1, -0.05) is 23.5 Å². The third-order valence-electron chi connectivity index (χ3n) is 5.90. The number of aryl methyl sites for hydroxylation is 1. The van der Waals surface area contributed by atoms with Crippen LogP contribution < -0.4 is 4.90 Å². The molecule has 0 unspecified atom stereocenters. The molecule has 0 atom stereocenters. The SMILES string of the molecule is COCCN(CCOC)S(=O)(=O)c1ccc(C(=O)N(Cc2cccnc2)c2nc3ccc(C)cc3s2)cc1. The van der Waals surface area contributed by atoms with E-state index >= 15 is 0 Å². The van der Waals surface area contributed by atoms with Gasteiger partial charge in [-0.2, -0.15) is 4.31 Å². The number of nitrogens with zero attached hydrogens (tertiary/aromatic N) is 4. The molecule has 0 bridgehead atoms. The Balaban J connectivity index is 1.64. The molecular formula is C27H30N4O5S2. The molecule has 4 rings (SSSR count). The average molecular weight is 555 g/mol. The smallest absolute Gasteiger partial charge is 0.260 e. The van der Waals surface area contributed by atoms with Crippen molar-refractivity contribution < 1.29 is 22.7 Å². The number of sulfonamides is 1. The Morgan fingerprint density at radius 2 is 1.71 bits per heavy atom. The molecule has 0 radical (unpaired) electrons. The normalized spacial score (nSPS) is 11.8. The molecule has 0 aliphatic rings. The average Bonchev–Trinajstić information content (AvgIpc) is 3.35. The summed E-state index contributed by atoms with van der Waals surface area (Å²) in [4.78, 5) is 24.3. The van der Waals surface area contributed by atoms with Crippen LogP contribution in [0.15, 0.2) is 71.9 Å². The summed E-state index contributed by atoms with van der Waals surface area (Å²) in [5.74, 6) is -0.288. The molecule has 38 heavy (non-hydrogen) atoms. The highest BCUT2D eigenvalue weighted by atomic mass is 32.2. The lowest BCUT2D eigenvalue weighted by atomic mass is 10.2. The van der Waals surface area contributed by atoms with E-state index in [1.807, 2.05) is 37.3 Å². The van der Waals surface area contributed by atoms with Gasteiger partial charge < -0.3 is 9.47 Å². The van der Waals surface area contributed by atoms with Gasteiger partial charge in [-0.15, -0.1) is 0 Å². The summed E-state index contributed by atoms with van der Waals surface area (Å²) < 4.78 is 38.9. The predicted molar refractivity (Wildman–Crippen MR) is 148 cm³/mol. The van der Waals surface area contributed by atoms with Crippen molar-refractivity contribution in [2.75, 3.05) is 45.4 Å². The molecule has 0 N–H and O–H groups in total. The van der Waals surface area contributed by atoms with E-state index in [1.165, 1.54) is 54.1 Å². The zero-order valence-electron chi connectivity index (χ0n) is 21.5. The standard InChI is InChI=1S/C27H30N4O5S2/c1-20-6-11-24-25(17-20)37-27(29-24)31(19-21-5-4-12-28-18-21)26(32)22-7-9-23(10-8-22)38(33,34)30(13-15-35-2)14-16-36-3/h4-12,17-18H,13-16,19H2,1-3H3. The number of aromatic nitrogens is 2. The molecule has 0 spiro atoms. The maximum atomic E-state index is 13.8. The van der Waals surface area contributed by atoms with E-state index in [0.717, 1.165) is 21.3 Å². The van der Waals surface area contributed by atoms with Crippen molar-refractivity contribution in [2.24, 2.45) is 0 Å². The summed E-state index contributed by atoms with van der Waals surface area (Å²) in [7, 11) is -0.762. The number of benzene rings is 2. The summed E-state index contributed by atoms with van der Waals surface area (Å²) in [5, 5.41) is 0.557. The number of amides is 1. The van der Waals surface area contributed by atoms with E-state index in [1.54, 1.807) is 17.3 Å². The molecule has 0 aliphatic heterocycles. The number of pyridine rings is 1. The Morgan fingerprint density at radius 1 is 1.00 bits per heavy atom. The van der Waals surface area contributed by atoms with E-state index in [0.29, 0.717) is 10.7 Å². The molecule has 4 aromatic rings. The number of anilines is 1. The Hall–Kier alpha value is -3.22. The second kappa shape index (κ2) is 12.5. The third kappa shape index (κ3) is 6.43. The van der Waals surface area contributed by atoms with Gasteiger partial charge in [-0.05, 0) is 60.5 Å². The number of methoxy groups -OCH3 is 2. The topological polar surface area (TPSA) is 102 Å². The second-order valence-corrected chi connectivity index (χ2v) is 11.6. The highest BCUT2D eigenvalue weighted by Gasteiger charge is 2.26. The molecule has 2 aromatic heterocycles. The number of fused-ring (bicyclic) bond motifs is 1. The number of thiazole rings is 1. The number of ether oxygens (including phenoxy) is 2. The van der Waals surface area contributed by atoms with Gasteiger partial charge in [0.25, 0.3) is 5.91 Å². The Bertz CT molecular complexity index is 1470. The lowest BCUT2D eigenvalue weighted by Gasteiger charge is -2.22. The lowest BCUT2D eigenvalue weighted by Crippen LogP contribution is -2.36. The number of hydrogen-bond acceptors (Lipinski definition) is 8. The van der Waals surface area contributed by atoms with Gasteiger partial charge >= 0.3 is 0 Å². The van der Waals surface area contributed by atoms with Gasteiger partial charge in [-0.25, -0.2) is 13.4 Å². The van der Waals surface area contributed by atoms with Crippen LogP contribution in [0.4, 0.5) is 5.13 Å². The summed E-state index contributed by atoms with van der Waals surface area (Å²) in [6, 6.07) is 15.7. The van der Waals surface area contributed by atoms with Gasteiger partial charge in [0, 0.05) is 45.3 Å². The van der Waals surface area contributed by atoms with Gasteiger partial charge in [0.2, 0.25) is 10.0 Å². The van der Waals surface area contributed by atoms with Crippen LogP contribution in [0.5, 0.6) is 0 Å². The Labute approximate surface area is 226 Å². The van der Waals surface area contributed by atoms with Crippen molar-refractivity contribution in [1.82, 2.24) is 14.3 Å². The number of rotatable bonds is 12. The van der Waals surface area contributed by atoms with E-state index in [-0.39, 0.29) is 43.7 Å². The van der Waals surface area contributed by atoms with Crippen molar-refractivity contribution in [1.29, 1.82) is 0 Å². The van der Waals surface area contributed by atoms with Gasteiger partial charge in [0.1, 0.15) is 0 Å². The van der Waals surface area contributed by atoms with Crippen molar-refractivity contribution in [3.05, 3.63) is 83.7 Å². The molecule has 0 aliphatic carbocycles. The van der Waals surface area contributed by atoms with Crippen molar-refractivity contribution >= 4 is 42.6 Å². The van der Waals surface area contributed by atoms with Crippen molar-refractivity contribution in [3.63, 3.8) is 0 Å². The number of hydrogen-bond donors (Lipinski definition) is 0. The van der Waals surface area contributed by atoms with Crippen LogP contribution in [0.25, 0.3) is 10.2 Å². The largest absolute Gasteiger partial charge is 0.383 e. The molecule has 9 nitrogen and oxygen atoms in total. The molecule has 0 saturated carbocycles. The fourth-order valence-corrected chi connectivity index (χ4v) is 6.32. The molecule has 11 heteroatoms. The van der Waals surface area contributed by atoms with Crippen LogP contribution in [0.3, 0.4) is 0 Å². The van der Waals surface area contributed by atoms with Crippen LogP contribution in [-0.2, 0) is 26.0 Å². The van der Waals surface area contributed by atoms with E-state index in [9.17, 15) is 13.2 Å². The van der Waals surface area contributed by atoms with Crippen LogP contribution in [0, 0.1) is 6.92 Å². The number of carbonyl (C=O) groups is 1.